The normalized spacial score (nSPS) is 16.1. The molecule has 1 aliphatic carbocycles. The van der Waals surface area contributed by atoms with Gasteiger partial charge in [-0.2, -0.15) is 0 Å². The molecule has 0 bridgehead atoms. The lowest BCUT2D eigenvalue weighted by atomic mass is 9.98. The third-order valence-electron chi connectivity index (χ3n) is 3.51. The molecule has 0 saturated heterocycles. The maximum absolute atomic E-state index is 10.6. The maximum atomic E-state index is 10.6. The van der Waals surface area contributed by atoms with Crippen molar-refractivity contribution in [3.63, 3.8) is 0 Å². The first kappa shape index (κ1) is 15.9. The smallest absolute Gasteiger partial charge is 0.328 e. The fraction of sp³-hybridized carbons (Fsp3) is 0.438. The Balaban J connectivity index is 2.22. The second kappa shape index (κ2) is 7.50. The van der Waals surface area contributed by atoms with E-state index in [1.54, 1.807) is 13.2 Å². The van der Waals surface area contributed by atoms with Crippen LogP contribution in [-0.4, -0.2) is 24.3 Å². The van der Waals surface area contributed by atoms with Crippen LogP contribution in [0.15, 0.2) is 22.7 Å². The van der Waals surface area contributed by atoms with E-state index < -0.39 is 5.97 Å². The van der Waals surface area contributed by atoms with Crippen molar-refractivity contribution in [3.05, 3.63) is 28.2 Å². The van der Waals surface area contributed by atoms with Crippen LogP contribution >= 0.6 is 15.9 Å². The molecule has 0 spiro atoms. The number of hydrogen-bond donors (Lipinski definition) is 1. The SMILES string of the molecule is COc1cc(/C=C/C(=O)O)cc(Br)c1OC1CCCCC1. The fourth-order valence-corrected chi connectivity index (χ4v) is 3.02. The Morgan fingerprint density at radius 2 is 2.05 bits per heavy atom. The molecule has 0 aliphatic heterocycles. The minimum atomic E-state index is -0.979. The Morgan fingerprint density at radius 1 is 1.33 bits per heavy atom. The minimum absolute atomic E-state index is 0.226. The van der Waals surface area contributed by atoms with E-state index in [1.807, 2.05) is 6.07 Å². The van der Waals surface area contributed by atoms with E-state index in [4.69, 9.17) is 14.6 Å². The highest BCUT2D eigenvalue weighted by Crippen LogP contribution is 2.39. The summed E-state index contributed by atoms with van der Waals surface area (Å²) in [6.07, 6.45) is 8.66. The summed E-state index contributed by atoms with van der Waals surface area (Å²) in [6.45, 7) is 0. The summed E-state index contributed by atoms with van der Waals surface area (Å²) in [7, 11) is 1.58. The van der Waals surface area contributed by atoms with Gasteiger partial charge >= 0.3 is 5.97 Å². The van der Waals surface area contributed by atoms with Crippen LogP contribution < -0.4 is 9.47 Å². The monoisotopic (exact) mass is 354 g/mol. The molecule has 1 saturated carbocycles. The van der Waals surface area contributed by atoms with Crippen LogP contribution in [0.1, 0.15) is 37.7 Å². The second-order valence-electron chi connectivity index (χ2n) is 5.08. The molecule has 0 radical (unpaired) electrons. The van der Waals surface area contributed by atoms with Crippen LogP contribution in [0.3, 0.4) is 0 Å². The fourth-order valence-electron chi connectivity index (χ4n) is 2.47. The summed E-state index contributed by atoms with van der Waals surface area (Å²) in [4.78, 5) is 10.6. The number of methoxy groups -OCH3 is 1. The Morgan fingerprint density at radius 3 is 2.67 bits per heavy atom. The topological polar surface area (TPSA) is 55.8 Å². The van der Waals surface area contributed by atoms with E-state index in [-0.39, 0.29) is 6.10 Å². The summed E-state index contributed by atoms with van der Waals surface area (Å²) in [5.41, 5.74) is 0.747. The third-order valence-corrected chi connectivity index (χ3v) is 4.10. The lowest BCUT2D eigenvalue weighted by Gasteiger charge is -2.24. The molecule has 21 heavy (non-hydrogen) atoms. The molecule has 4 nitrogen and oxygen atoms in total. The molecule has 0 aromatic heterocycles. The van der Waals surface area contributed by atoms with Gasteiger partial charge < -0.3 is 14.6 Å². The number of hydrogen-bond acceptors (Lipinski definition) is 3. The summed E-state index contributed by atoms with van der Waals surface area (Å²) >= 11 is 3.49. The molecule has 0 atom stereocenters. The summed E-state index contributed by atoms with van der Waals surface area (Å²) in [5.74, 6) is 0.324. The molecule has 0 amide bonds. The standard InChI is InChI=1S/C16H19BrO4/c1-20-14-10-11(7-8-15(18)19)9-13(17)16(14)21-12-5-3-2-4-6-12/h7-10,12H,2-6H2,1H3,(H,18,19)/b8-7+. The number of carbonyl (C=O) groups is 1. The molecule has 1 fully saturated rings. The van der Waals surface area contributed by atoms with E-state index in [0.717, 1.165) is 29.0 Å². The van der Waals surface area contributed by atoms with Crippen LogP contribution in [0.4, 0.5) is 0 Å². The van der Waals surface area contributed by atoms with Gasteiger partial charge in [-0.05, 0) is 65.4 Å². The average molecular weight is 355 g/mol. The van der Waals surface area contributed by atoms with Gasteiger partial charge in [-0.3, -0.25) is 0 Å². The van der Waals surface area contributed by atoms with E-state index in [0.29, 0.717) is 11.5 Å². The van der Waals surface area contributed by atoms with Crippen molar-refractivity contribution in [2.75, 3.05) is 7.11 Å². The predicted octanol–water partition coefficient (Wildman–Crippen LogP) is 4.27. The second-order valence-corrected chi connectivity index (χ2v) is 5.94. The molecule has 114 valence electrons. The molecular formula is C16H19BrO4. The Bertz CT molecular complexity index is 533. The maximum Gasteiger partial charge on any atom is 0.328 e. The first-order valence-electron chi connectivity index (χ1n) is 7.05. The molecule has 2 rings (SSSR count). The van der Waals surface area contributed by atoms with Gasteiger partial charge in [-0.15, -0.1) is 0 Å². The Hall–Kier alpha value is -1.49. The quantitative estimate of drug-likeness (QED) is 0.802. The van der Waals surface area contributed by atoms with Crippen molar-refractivity contribution in [2.24, 2.45) is 0 Å². The zero-order chi connectivity index (χ0) is 15.2. The molecule has 5 heteroatoms. The van der Waals surface area contributed by atoms with Crippen LogP contribution in [0.5, 0.6) is 11.5 Å². The van der Waals surface area contributed by atoms with Gasteiger partial charge in [-0.25, -0.2) is 4.79 Å². The lowest BCUT2D eigenvalue weighted by Crippen LogP contribution is -2.20. The lowest BCUT2D eigenvalue weighted by molar-refractivity contribution is -0.131. The number of carboxylic acids is 1. The van der Waals surface area contributed by atoms with Crippen molar-refractivity contribution < 1.29 is 19.4 Å². The van der Waals surface area contributed by atoms with Crippen molar-refractivity contribution in [1.82, 2.24) is 0 Å². The van der Waals surface area contributed by atoms with Crippen LogP contribution in [0.2, 0.25) is 0 Å². The van der Waals surface area contributed by atoms with Crippen molar-refractivity contribution in [3.8, 4) is 11.5 Å². The molecular weight excluding hydrogens is 336 g/mol. The van der Waals surface area contributed by atoms with Crippen LogP contribution in [0.25, 0.3) is 6.08 Å². The van der Waals surface area contributed by atoms with Crippen molar-refractivity contribution >= 4 is 28.0 Å². The molecule has 1 aromatic carbocycles. The van der Waals surface area contributed by atoms with Crippen molar-refractivity contribution in [2.45, 2.75) is 38.2 Å². The van der Waals surface area contributed by atoms with Gasteiger partial charge in [0.05, 0.1) is 17.7 Å². The van der Waals surface area contributed by atoms with E-state index in [9.17, 15) is 4.79 Å². The molecule has 1 N–H and O–H groups in total. The largest absolute Gasteiger partial charge is 0.493 e. The number of aliphatic carboxylic acids is 1. The average Bonchev–Trinajstić information content (AvgIpc) is 2.48. The van der Waals surface area contributed by atoms with Gasteiger partial charge in [0.2, 0.25) is 0 Å². The van der Waals surface area contributed by atoms with Gasteiger partial charge in [0.15, 0.2) is 11.5 Å². The number of benzene rings is 1. The first-order chi connectivity index (χ1) is 10.1. The van der Waals surface area contributed by atoms with Gasteiger partial charge in [0.25, 0.3) is 0 Å². The number of rotatable bonds is 5. The van der Waals surface area contributed by atoms with Gasteiger partial charge in [0, 0.05) is 6.08 Å². The number of ether oxygens (including phenoxy) is 2. The molecule has 1 aromatic rings. The van der Waals surface area contributed by atoms with Gasteiger partial charge in [0.1, 0.15) is 0 Å². The predicted molar refractivity (Wildman–Crippen MR) is 84.9 cm³/mol. The summed E-state index contributed by atoms with van der Waals surface area (Å²) in [6, 6.07) is 3.61. The van der Waals surface area contributed by atoms with E-state index in [1.165, 1.54) is 25.3 Å². The third kappa shape index (κ3) is 4.49. The van der Waals surface area contributed by atoms with Crippen LogP contribution in [-0.2, 0) is 4.79 Å². The van der Waals surface area contributed by atoms with E-state index in [2.05, 4.69) is 15.9 Å². The highest BCUT2D eigenvalue weighted by Gasteiger charge is 2.19. The highest BCUT2D eigenvalue weighted by molar-refractivity contribution is 9.10. The van der Waals surface area contributed by atoms with Crippen LogP contribution in [0, 0.1) is 0 Å². The molecule has 0 unspecified atom stereocenters. The zero-order valence-electron chi connectivity index (χ0n) is 12.0. The van der Waals surface area contributed by atoms with E-state index >= 15 is 0 Å². The van der Waals surface area contributed by atoms with Gasteiger partial charge in [-0.1, -0.05) is 6.42 Å². The Kier molecular flexibility index (Phi) is 5.67. The number of halogens is 1. The summed E-state index contributed by atoms with van der Waals surface area (Å²) in [5, 5.41) is 8.69. The molecule has 0 heterocycles. The first-order valence-corrected chi connectivity index (χ1v) is 7.84. The van der Waals surface area contributed by atoms with Crippen molar-refractivity contribution in [1.29, 1.82) is 0 Å². The Labute approximate surface area is 132 Å². The highest BCUT2D eigenvalue weighted by atomic mass is 79.9. The zero-order valence-corrected chi connectivity index (χ0v) is 13.6. The minimum Gasteiger partial charge on any atom is -0.493 e. The summed E-state index contributed by atoms with van der Waals surface area (Å²) < 4.78 is 12.2. The molecule has 1 aliphatic rings. The number of carboxylic acid groups (broad SMARTS) is 1.